The molecule has 0 radical (unpaired) electrons. The average Bonchev–Trinajstić information content (AvgIpc) is 1.89. The molecular formula is C6H10O5. The van der Waals surface area contributed by atoms with E-state index in [9.17, 15) is 14.4 Å². The van der Waals surface area contributed by atoms with Crippen LogP contribution in [0.25, 0.3) is 0 Å². The van der Waals surface area contributed by atoms with Crippen LogP contribution in [-0.2, 0) is 14.4 Å². The minimum Gasteiger partial charge on any atom is -0.481 e. The summed E-state index contributed by atoms with van der Waals surface area (Å²) in [5.74, 6) is -1.82. The highest BCUT2D eigenvalue weighted by molar-refractivity contribution is 5.82. The van der Waals surface area contributed by atoms with Crippen molar-refractivity contribution in [3.05, 3.63) is 0 Å². The largest absolute Gasteiger partial charge is 0.481 e. The van der Waals surface area contributed by atoms with Crippen LogP contribution in [-0.4, -0.2) is 28.4 Å². The molecule has 0 unspecified atom stereocenters. The number of aldehydes is 1. The maximum atomic E-state index is 9.37. The smallest absolute Gasteiger partial charge is 0.310 e. The zero-order chi connectivity index (χ0) is 9.28. The van der Waals surface area contributed by atoms with Crippen LogP contribution >= 0.6 is 0 Å². The molecule has 0 aromatic rings. The highest BCUT2D eigenvalue weighted by atomic mass is 16.4. The molecule has 11 heavy (non-hydrogen) atoms. The number of carboxylic acid groups (broad SMARTS) is 2. The van der Waals surface area contributed by atoms with Gasteiger partial charge < -0.3 is 15.0 Å². The van der Waals surface area contributed by atoms with Gasteiger partial charge in [-0.05, 0) is 0 Å². The Hall–Kier alpha value is -1.39. The van der Waals surface area contributed by atoms with Gasteiger partial charge in [0.1, 0.15) is 12.7 Å². The fourth-order valence-electron chi connectivity index (χ4n) is 0.0713. The molecule has 5 nitrogen and oxygen atoms in total. The first-order chi connectivity index (χ1) is 5.04. The third kappa shape index (κ3) is 28.9. The van der Waals surface area contributed by atoms with E-state index in [-0.39, 0.29) is 12.8 Å². The standard InChI is InChI=1S/C3H4O3.C3H6O2/c4-2-1-3(5)6;1-2-3(4)5/h2H,1H2,(H,5,6);2H2,1H3,(H,4,5). The summed E-state index contributed by atoms with van der Waals surface area (Å²) in [6, 6.07) is 0. The maximum absolute atomic E-state index is 9.37. The monoisotopic (exact) mass is 162 g/mol. The zero-order valence-electron chi connectivity index (χ0n) is 6.11. The summed E-state index contributed by atoms with van der Waals surface area (Å²) >= 11 is 0. The molecule has 5 heteroatoms. The Kier molecular flexibility index (Phi) is 9.63. The van der Waals surface area contributed by atoms with E-state index >= 15 is 0 Å². The molecule has 0 aromatic carbocycles. The van der Waals surface area contributed by atoms with Crippen LogP contribution in [0.2, 0.25) is 0 Å². The third-order valence-electron chi connectivity index (χ3n) is 0.560. The summed E-state index contributed by atoms with van der Waals surface area (Å²) in [6.45, 7) is 1.60. The predicted octanol–water partition coefficient (Wildman–Crippen LogP) is 0.141. The van der Waals surface area contributed by atoms with E-state index in [1.54, 1.807) is 6.92 Å². The fraction of sp³-hybridized carbons (Fsp3) is 0.500. The van der Waals surface area contributed by atoms with Gasteiger partial charge in [0.15, 0.2) is 0 Å². The Balaban J connectivity index is 0. The van der Waals surface area contributed by atoms with Gasteiger partial charge in [-0.15, -0.1) is 0 Å². The fourth-order valence-corrected chi connectivity index (χ4v) is 0.0713. The van der Waals surface area contributed by atoms with Crippen LogP contribution in [0.1, 0.15) is 19.8 Å². The Labute approximate surface area is 63.6 Å². The lowest BCUT2D eigenvalue weighted by molar-refractivity contribution is -0.138. The van der Waals surface area contributed by atoms with E-state index in [4.69, 9.17) is 10.2 Å². The minimum atomic E-state index is -1.08. The lowest BCUT2D eigenvalue weighted by Crippen LogP contribution is -1.92. The number of hydrogen-bond acceptors (Lipinski definition) is 3. The number of carbonyl (C=O) groups is 3. The van der Waals surface area contributed by atoms with E-state index in [0.717, 1.165) is 0 Å². The normalized spacial score (nSPS) is 7.36. The van der Waals surface area contributed by atoms with Crippen molar-refractivity contribution in [2.75, 3.05) is 0 Å². The molecule has 0 atom stereocenters. The molecule has 0 aliphatic carbocycles. The summed E-state index contributed by atoms with van der Waals surface area (Å²) in [5.41, 5.74) is 0. The topological polar surface area (TPSA) is 91.7 Å². The quantitative estimate of drug-likeness (QED) is 0.455. The summed E-state index contributed by atoms with van der Waals surface area (Å²) in [7, 11) is 0. The Bertz CT molecular complexity index is 140. The van der Waals surface area contributed by atoms with Crippen molar-refractivity contribution in [3.63, 3.8) is 0 Å². The van der Waals surface area contributed by atoms with E-state index in [0.29, 0.717) is 6.29 Å². The summed E-state index contributed by atoms with van der Waals surface area (Å²) in [4.78, 5) is 28.0. The number of carbonyl (C=O) groups excluding carboxylic acids is 1. The average molecular weight is 162 g/mol. The lowest BCUT2D eigenvalue weighted by Gasteiger charge is -1.71. The van der Waals surface area contributed by atoms with Gasteiger partial charge in [0.05, 0.1) is 0 Å². The van der Waals surface area contributed by atoms with Crippen molar-refractivity contribution in [1.82, 2.24) is 0 Å². The highest BCUT2D eigenvalue weighted by Crippen LogP contribution is 1.67. The summed E-state index contributed by atoms with van der Waals surface area (Å²) in [6.07, 6.45) is 0.183. The van der Waals surface area contributed by atoms with Crippen molar-refractivity contribution < 1.29 is 24.6 Å². The van der Waals surface area contributed by atoms with Crippen LogP contribution in [0.3, 0.4) is 0 Å². The van der Waals surface area contributed by atoms with Gasteiger partial charge in [0.2, 0.25) is 0 Å². The molecule has 0 heterocycles. The first-order valence-corrected chi connectivity index (χ1v) is 2.91. The number of rotatable bonds is 3. The van der Waals surface area contributed by atoms with Gasteiger partial charge in [0, 0.05) is 6.42 Å². The molecule has 2 N–H and O–H groups in total. The molecular weight excluding hydrogens is 152 g/mol. The predicted molar refractivity (Wildman–Crippen MR) is 36.2 cm³/mol. The molecule has 0 spiro atoms. The van der Waals surface area contributed by atoms with Gasteiger partial charge >= 0.3 is 11.9 Å². The van der Waals surface area contributed by atoms with E-state index < -0.39 is 11.9 Å². The van der Waals surface area contributed by atoms with Crippen molar-refractivity contribution in [3.8, 4) is 0 Å². The van der Waals surface area contributed by atoms with Crippen LogP contribution in [0.15, 0.2) is 0 Å². The number of hydrogen-bond donors (Lipinski definition) is 2. The number of carboxylic acids is 2. The third-order valence-corrected chi connectivity index (χ3v) is 0.560. The molecule has 0 aliphatic rings. The van der Waals surface area contributed by atoms with Crippen LogP contribution < -0.4 is 0 Å². The molecule has 0 saturated carbocycles. The first-order valence-electron chi connectivity index (χ1n) is 2.91. The molecule has 0 bridgehead atoms. The van der Waals surface area contributed by atoms with Gasteiger partial charge in [-0.2, -0.15) is 0 Å². The van der Waals surface area contributed by atoms with Crippen molar-refractivity contribution in [1.29, 1.82) is 0 Å². The Morgan fingerprint density at radius 1 is 1.27 bits per heavy atom. The van der Waals surface area contributed by atoms with Crippen LogP contribution in [0.4, 0.5) is 0 Å². The van der Waals surface area contributed by atoms with Crippen LogP contribution in [0.5, 0.6) is 0 Å². The molecule has 0 aliphatic heterocycles. The Morgan fingerprint density at radius 2 is 1.64 bits per heavy atom. The Morgan fingerprint density at radius 3 is 1.64 bits per heavy atom. The minimum absolute atomic E-state index is 0.222. The maximum Gasteiger partial charge on any atom is 0.310 e. The van der Waals surface area contributed by atoms with Crippen molar-refractivity contribution >= 4 is 18.2 Å². The van der Waals surface area contributed by atoms with Crippen molar-refractivity contribution in [2.24, 2.45) is 0 Å². The van der Waals surface area contributed by atoms with Gasteiger partial charge in [-0.3, -0.25) is 9.59 Å². The van der Waals surface area contributed by atoms with E-state index in [1.165, 1.54) is 0 Å². The van der Waals surface area contributed by atoms with Crippen molar-refractivity contribution in [2.45, 2.75) is 19.8 Å². The highest BCUT2D eigenvalue weighted by Gasteiger charge is 1.87. The first kappa shape index (κ1) is 12.3. The lowest BCUT2D eigenvalue weighted by atomic mass is 10.5. The number of aliphatic carboxylic acids is 2. The van der Waals surface area contributed by atoms with E-state index in [2.05, 4.69) is 0 Å². The summed E-state index contributed by atoms with van der Waals surface area (Å²) in [5, 5.41) is 15.4. The molecule has 0 aromatic heterocycles. The molecule has 0 fully saturated rings. The second-order valence-electron chi connectivity index (χ2n) is 1.51. The molecule has 0 saturated heterocycles. The molecule has 0 rings (SSSR count). The molecule has 0 amide bonds. The van der Waals surface area contributed by atoms with Gasteiger partial charge in [0.25, 0.3) is 0 Å². The zero-order valence-corrected chi connectivity index (χ0v) is 6.11. The van der Waals surface area contributed by atoms with Gasteiger partial charge in [-0.1, -0.05) is 6.92 Å². The van der Waals surface area contributed by atoms with Gasteiger partial charge in [-0.25, -0.2) is 0 Å². The van der Waals surface area contributed by atoms with Crippen LogP contribution in [0, 0.1) is 0 Å². The second kappa shape index (κ2) is 8.61. The molecule has 64 valence electrons. The summed E-state index contributed by atoms with van der Waals surface area (Å²) < 4.78 is 0. The van der Waals surface area contributed by atoms with E-state index in [1.807, 2.05) is 0 Å². The second-order valence-corrected chi connectivity index (χ2v) is 1.51. The SMILES string of the molecule is CCC(=O)O.O=CCC(=O)O.